The van der Waals surface area contributed by atoms with E-state index < -0.39 is 0 Å². The predicted octanol–water partition coefficient (Wildman–Crippen LogP) is 7.80. The number of unbranched alkanes of at least 4 members (excludes halogenated alkanes) is 2. The summed E-state index contributed by atoms with van der Waals surface area (Å²) in [5.74, 6) is -0.212. The van der Waals surface area contributed by atoms with Crippen molar-refractivity contribution in [3.63, 3.8) is 0 Å². The van der Waals surface area contributed by atoms with E-state index in [1.165, 1.54) is 47.6 Å². The molecule has 2 nitrogen and oxygen atoms in total. The fourth-order valence-electron chi connectivity index (χ4n) is 4.84. The SMILES string of the molecule is CCCCCc1ccc2c(c1)c1cc(F)ccc1c1ncc(-c3c(C)cccc3C)n21. The zero-order chi connectivity index (χ0) is 21.5. The van der Waals surface area contributed by atoms with Crippen molar-refractivity contribution in [3.8, 4) is 11.3 Å². The smallest absolute Gasteiger partial charge is 0.145 e. The number of benzene rings is 3. The molecule has 0 N–H and O–H groups in total. The average Bonchev–Trinajstić information content (AvgIpc) is 3.19. The van der Waals surface area contributed by atoms with Crippen LogP contribution in [-0.2, 0) is 6.42 Å². The molecule has 3 heteroatoms. The summed E-state index contributed by atoms with van der Waals surface area (Å²) in [4.78, 5) is 4.81. The highest BCUT2D eigenvalue weighted by Gasteiger charge is 2.17. The zero-order valence-corrected chi connectivity index (χ0v) is 18.4. The van der Waals surface area contributed by atoms with Gasteiger partial charge in [-0.3, -0.25) is 4.40 Å². The molecule has 3 aromatic carbocycles. The minimum absolute atomic E-state index is 0.212. The van der Waals surface area contributed by atoms with Gasteiger partial charge in [0.1, 0.15) is 11.5 Å². The first kappa shape index (κ1) is 19.7. The summed E-state index contributed by atoms with van der Waals surface area (Å²) in [6.45, 7) is 6.51. The van der Waals surface area contributed by atoms with Crippen LogP contribution in [-0.4, -0.2) is 9.38 Å². The summed E-state index contributed by atoms with van der Waals surface area (Å²) in [7, 11) is 0. The molecule has 0 aliphatic carbocycles. The highest BCUT2D eigenvalue weighted by atomic mass is 19.1. The zero-order valence-electron chi connectivity index (χ0n) is 18.4. The Kier molecular flexibility index (Phi) is 4.97. The first-order valence-corrected chi connectivity index (χ1v) is 11.2. The molecule has 0 saturated carbocycles. The van der Waals surface area contributed by atoms with E-state index >= 15 is 0 Å². The summed E-state index contributed by atoms with van der Waals surface area (Å²) >= 11 is 0. The number of aromatic nitrogens is 2. The first-order valence-electron chi connectivity index (χ1n) is 11.2. The van der Waals surface area contributed by atoms with E-state index in [-0.39, 0.29) is 5.82 Å². The Labute approximate surface area is 182 Å². The number of hydrogen-bond acceptors (Lipinski definition) is 1. The molecule has 0 aliphatic rings. The van der Waals surface area contributed by atoms with Crippen molar-refractivity contribution in [2.24, 2.45) is 0 Å². The van der Waals surface area contributed by atoms with Gasteiger partial charge >= 0.3 is 0 Å². The van der Waals surface area contributed by atoms with Gasteiger partial charge in [-0.05, 0) is 79.1 Å². The fourth-order valence-corrected chi connectivity index (χ4v) is 4.84. The largest absolute Gasteiger partial charge is 0.292 e. The van der Waals surface area contributed by atoms with Crippen molar-refractivity contribution in [3.05, 3.63) is 83.3 Å². The number of aryl methyl sites for hydroxylation is 3. The van der Waals surface area contributed by atoms with Crippen LogP contribution in [0.3, 0.4) is 0 Å². The van der Waals surface area contributed by atoms with Crippen LogP contribution in [0.2, 0.25) is 0 Å². The minimum Gasteiger partial charge on any atom is -0.292 e. The minimum atomic E-state index is -0.212. The van der Waals surface area contributed by atoms with E-state index in [0.29, 0.717) is 0 Å². The number of nitrogens with zero attached hydrogens (tertiary/aromatic N) is 2. The topological polar surface area (TPSA) is 17.3 Å². The Hall–Kier alpha value is -3.20. The molecule has 31 heavy (non-hydrogen) atoms. The highest BCUT2D eigenvalue weighted by molar-refractivity contribution is 6.12. The molecule has 0 spiro atoms. The maximum Gasteiger partial charge on any atom is 0.145 e. The summed E-state index contributed by atoms with van der Waals surface area (Å²) in [5, 5.41) is 3.00. The van der Waals surface area contributed by atoms with Gasteiger partial charge in [0, 0.05) is 16.3 Å². The normalized spacial score (nSPS) is 11.7. The van der Waals surface area contributed by atoms with Crippen molar-refractivity contribution >= 4 is 27.3 Å². The van der Waals surface area contributed by atoms with E-state index in [1.807, 2.05) is 12.3 Å². The van der Waals surface area contributed by atoms with Crippen molar-refractivity contribution in [2.75, 3.05) is 0 Å². The van der Waals surface area contributed by atoms with Crippen molar-refractivity contribution in [1.29, 1.82) is 0 Å². The third-order valence-corrected chi connectivity index (χ3v) is 6.38. The van der Waals surface area contributed by atoms with Gasteiger partial charge in [0.2, 0.25) is 0 Å². The number of fused-ring (bicyclic) bond motifs is 6. The number of hydrogen-bond donors (Lipinski definition) is 0. The monoisotopic (exact) mass is 410 g/mol. The predicted molar refractivity (Wildman–Crippen MR) is 128 cm³/mol. The lowest BCUT2D eigenvalue weighted by Crippen LogP contribution is -1.97. The fraction of sp³-hybridized carbons (Fsp3) is 0.250. The molecule has 2 heterocycles. The lowest BCUT2D eigenvalue weighted by atomic mass is 9.99. The summed E-state index contributed by atoms with van der Waals surface area (Å²) < 4.78 is 16.5. The lowest BCUT2D eigenvalue weighted by Gasteiger charge is -2.14. The van der Waals surface area contributed by atoms with E-state index in [0.717, 1.165) is 39.4 Å². The summed E-state index contributed by atoms with van der Waals surface area (Å²) in [5.41, 5.74) is 8.00. The lowest BCUT2D eigenvalue weighted by molar-refractivity contribution is 0.630. The van der Waals surface area contributed by atoms with E-state index in [4.69, 9.17) is 4.98 Å². The van der Waals surface area contributed by atoms with Gasteiger partial charge in [-0.15, -0.1) is 0 Å². The molecule has 2 aromatic heterocycles. The second kappa shape index (κ2) is 7.81. The summed E-state index contributed by atoms with van der Waals surface area (Å²) in [6.07, 6.45) is 6.62. The van der Waals surface area contributed by atoms with Crippen LogP contribution < -0.4 is 0 Å². The molecule has 0 aliphatic heterocycles. The van der Waals surface area contributed by atoms with Gasteiger partial charge in [0.15, 0.2) is 0 Å². The average molecular weight is 411 g/mol. The Bertz CT molecular complexity index is 1410. The van der Waals surface area contributed by atoms with Crippen LogP contribution >= 0.6 is 0 Å². The first-order chi connectivity index (χ1) is 15.1. The van der Waals surface area contributed by atoms with Crippen molar-refractivity contribution in [2.45, 2.75) is 46.5 Å². The van der Waals surface area contributed by atoms with Gasteiger partial charge in [0.05, 0.1) is 17.4 Å². The van der Waals surface area contributed by atoms with Gasteiger partial charge in [-0.1, -0.05) is 44.0 Å². The van der Waals surface area contributed by atoms with E-state index in [1.54, 1.807) is 6.07 Å². The van der Waals surface area contributed by atoms with Crippen molar-refractivity contribution < 1.29 is 4.39 Å². The maximum absolute atomic E-state index is 14.3. The van der Waals surface area contributed by atoms with Crippen LogP contribution in [0, 0.1) is 19.7 Å². The number of rotatable bonds is 5. The second-order valence-corrected chi connectivity index (χ2v) is 8.57. The molecular formula is C28H27FN2. The molecule has 0 unspecified atom stereocenters. The molecule has 0 fully saturated rings. The molecule has 156 valence electrons. The van der Waals surface area contributed by atoms with Gasteiger partial charge in [-0.2, -0.15) is 0 Å². The third-order valence-electron chi connectivity index (χ3n) is 6.38. The molecule has 0 atom stereocenters. The van der Waals surface area contributed by atoms with E-state index in [9.17, 15) is 4.39 Å². The quantitative estimate of drug-likeness (QED) is 0.213. The van der Waals surface area contributed by atoms with Gasteiger partial charge < -0.3 is 0 Å². The number of imidazole rings is 1. The molecular weight excluding hydrogens is 383 g/mol. The maximum atomic E-state index is 14.3. The number of pyridine rings is 1. The Balaban J connectivity index is 1.87. The number of halogens is 1. The Morgan fingerprint density at radius 3 is 2.45 bits per heavy atom. The van der Waals surface area contributed by atoms with Gasteiger partial charge in [-0.25, -0.2) is 9.37 Å². The Morgan fingerprint density at radius 1 is 0.871 bits per heavy atom. The molecule has 0 bridgehead atoms. The molecule has 0 radical (unpaired) electrons. The second-order valence-electron chi connectivity index (χ2n) is 8.57. The van der Waals surface area contributed by atoms with Crippen molar-refractivity contribution in [1.82, 2.24) is 9.38 Å². The molecule has 5 rings (SSSR count). The molecule has 5 aromatic rings. The molecule has 0 amide bonds. The van der Waals surface area contributed by atoms with E-state index in [2.05, 4.69) is 61.6 Å². The summed E-state index contributed by atoms with van der Waals surface area (Å²) in [6, 6.07) is 18.1. The molecule has 0 saturated heterocycles. The van der Waals surface area contributed by atoms with Gasteiger partial charge in [0.25, 0.3) is 0 Å². The van der Waals surface area contributed by atoms with Crippen LogP contribution in [0.25, 0.3) is 38.6 Å². The van der Waals surface area contributed by atoms with Crippen LogP contribution in [0.1, 0.15) is 42.9 Å². The third kappa shape index (κ3) is 3.29. The standard InChI is InChI=1S/C28H27FN2/c1-4-5-6-10-20-11-14-25-24(15-20)23-16-21(29)12-13-22(23)28-30-17-26(31(25)28)27-18(2)8-7-9-19(27)3/h7-9,11-17H,4-6,10H2,1-3H3. The Morgan fingerprint density at radius 2 is 1.68 bits per heavy atom. The van der Waals surface area contributed by atoms with Crippen LogP contribution in [0.5, 0.6) is 0 Å². The van der Waals surface area contributed by atoms with Crippen LogP contribution in [0.15, 0.2) is 60.8 Å². The van der Waals surface area contributed by atoms with Crippen LogP contribution in [0.4, 0.5) is 4.39 Å². The highest BCUT2D eigenvalue weighted by Crippen LogP contribution is 2.36.